The molecule has 10 rings (SSSR count). The molecule has 0 spiro atoms. The van der Waals surface area contributed by atoms with Gasteiger partial charge in [0.2, 0.25) is 0 Å². The van der Waals surface area contributed by atoms with Crippen LogP contribution >= 0.6 is 11.3 Å². The highest BCUT2D eigenvalue weighted by molar-refractivity contribution is 7.16. The molecule has 4 nitrogen and oxygen atoms in total. The largest absolute Gasteiger partial charge is 0.264 e. The standard InChI is InChI=1S/C48H30N4S/c1-3-14-32(15-4-1)43-28-44(52-48(51-43)33-16-5-2-6-17-33)37-20-10-11-21-38(37)46-34-18-8-7-13-31(34)23-24-39(46)36-25-26-49-29-42(36)41-27-45-47(50-30-53-45)40-22-12-9-19-35(40)41/h1-30H. The quantitative estimate of drug-likeness (QED) is 0.174. The van der Waals surface area contributed by atoms with Crippen molar-refractivity contribution in [1.82, 2.24) is 19.9 Å². The van der Waals surface area contributed by atoms with Crippen molar-refractivity contribution in [3.63, 3.8) is 0 Å². The maximum absolute atomic E-state index is 5.27. The SMILES string of the molecule is c1ccc(-c2cc(-c3ccccc3-c3c(-c4ccncc4-c4cc5scnc5c5ccccc45)ccc4ccccc34)nc(-c3ccccc3)n2)cc1. The fraction of sp³-hybridized carbons (Fsp3) is 0. The highest BCUT2D eigenvalue weighted by Gasteiger charge is 2.21. The van der Waals surface area contributed by atoms with Crippen molar-refractivity contribution in [2.24, 2.45) is 0 Å². The zero-order chi connectivity index (χ0) is 35.1. The van der Waals surface area contributed by atoms with E-state index in [2.05, 4.69) is 140 Å². The molecule has 0 unspecified atom stereocenters. The maximum atomic E-state index is 5.27. The number of fused-ring (bicyclic) bond motifs is 4. The number of rotatable bonds is 6. The lowest BCUT2D eigenvalue weighted by atomic mass is 9.84. The number of benzene rings is 7. The molecular formula is C48H30N4S. The minimum absolute atomic E-state index is 0.691. The van der Waals surface area contributed by atoms with Gasteiger partial charge in [0.05, 0.1) is 27.1 Å². The van der Waals surface area contributed by atoms with Crippen molar-refractivity contribution in [3.8, 4) is 67.3 Å². The highest BCUT2D eigenvalue weighted by Crippen LogP contribution is 2.46. The summed E-state index contributed by atoms with van der Waals surface area (Å²) in [7, 11) is 0. The Morgan fingerprint density at radius 2 is 1.11 bits per heavy atom. The summed E-state index contributed by atoms with van der Waals surface area (Å²) < 4.78 is 1.16. The number of hydrogen-bond donors (Lipinski definition) is 0. The van der Waals surface area contributed by atoms with E-state index in [4.69, 9.17) is 19.9 Å². The van der Waals surface area contributed by atoms with E-state index in [0.717, 1.165) is 82.4 Å². The summed E-state index contributed by atoms with van der Waals surface area (Å²) in [6.07, 6.45) is 3.91. The van der Waals surface area contributed by atoms with E-state index >= 15 is 0 Å². The Morgan fingerprint density at radius 3 is 1.94 bits per heavy atom. The Bertz CT molecular complexity index is 2900. The normalized spacial score (nSPS) is 11.4. The lowest BCUT2D eigenvalue weighted by Crippen LogP contribution is -1.98. The molecule has 0 bridgehead atoms. The van der Waals surface area contributed by atoms with Gasteiger partial charge in [-0.2, -0.15) is 0 Å². The van der Waals surface area contributed by atoms with Crippen LogP contribution in [-0.2, 0) is 0 Å². The maximum Gasteiger partial charge on any atom is 0.160 e. The fourth-order valence-electron chi connectivity index (χ4n) is 7.53. The van der Waals surface area contributed by atoms with E-state index in [1.807, 2.05) is 42.2 Å². The van der Waals surface area contributed by atoms with E-state index in [1.54, 1.807) is 11.3 Å². The van der Waals surface area contributed by atoms with Gasteiger partial charge in [0.1, 0.15) is 0 Å². The van der Waals surface area contributed by atoms with Gasteiger partial charge >= 0.3 is 0 Å². The molecule has 0 fully saturated rings. The second kappa shape index (κ2) is 13.1. The van der Waals surface area contributed by atoms with Crippen LogP contribution in [0.15, 0.2) is 182 Å². The predicted molar refractivity (Wildman–Crippen MR) is 221 cm³/mol. The van der Waals surface area contributed by atoms with Crippen LogP contribution in [0.1, 0.15) is 0 Å². The van der Waals surface area contributed by atoms with Crippen molar-refractivity contribution in [2.45, 2.75) is 0 Å². The second-order valence-electron chi connectivity index (χ2n) is 13.0. The topological polar surface area (TPSA) is 51.6 Å². The zero-order valence-electron chi connectivity index (χ0n) is 28.5. The molecule has 5 heteroatoms. The van der Waals surface area contributed by atoms with Crippen LogP contribution in [0, 0.1) is 0 Å². The molecule has 0 saturated heterocycles. The molecule has 0 amide bonds. The minimum Gasteiger partial charge on any atom is -0.264 e. The molecule has 3 aromatic heterocycles. The molecule has 0 atom stereocenters. The van der Waals surface area contributed by atoms with Crippen molar-refractivity contribution in [2.75, 3.05) is 0 Å². The van der Waals surface area contributed by atoms with Gasteiger partial charge in [0, 0.05) is 40.0 Å². The Morgan fingerprint density at radius 1 is 0.434 bits per heavy atom. The third kappa shape index (κ3) is 5.46. The van der Waals surface area contributed by atoms with Crippen LogP contribution in [0.4, 0.5) is 0 Å². The summed E-state index contributed by atoms with van der Waals surface area (Å²) in [5.41, 5.74) is 14.5. The Kier molecular flexibility index (Phi) is 7.63. The predicted octanol–water partition coefficient (Wildman–Crippen LogP) is 12.8. The van der Waals surface area contributed by atoms with Crippen molar-refractivity contribution in [3.05, 3.63) is 182 Å². The van der Waals surface area contributed by atoms with Crippen LogP contribution in [0.3, 0.4) is 0 Å². The van der Waals surface area contributed by atoms with Crippen molar-refractivity contribution < 1.29 is 0 Å². The van der Waals surface area contributed by atoms with Gasteiger partial charge < -0.3 is 0 Å². The summed E-state index contributed by atoms with van der Waals surface area (Å²) in [4.78, 5) is 19.8. The van der Waals surface area contributed by atoms with Gasteiger partial charge in [-0.15, -0.1) is 11.3 Å². The first kappa shape index (κ1) is 31.0. The van der Waals surface area contributed by atoms with E-state index < -0.39 is 0 Å². The third-order valence-electron chi connectivity index (χ3n) is 9.97. The number of aromatic nitrogens is 4. The van der Waals surface area contributed by atoms with E-state index in [9.17, 15) is 0 Å². The summed E-state index contributed by atoms with van der Waals surface area (Å²) in [6, 6.07) is 57.5. The Labute approximate surface area is 310 Å². The summed E-state index contributed by atoms with van der Waals surface area (Å²) in [5.74, 6) is 0.691. The van der Waals surface area contributed by atoms with Crippen LogP contribution in [0.2, 0.25) is 0 Å². The molecule has 53 heavy (non-hydrogen) atoms. The third-order valence-corrected chi connectivity index (χ3v) is 10.7. The fourth-order valence-corrected chi connectivity index (χ4v) is 8.26. The minimum atomic E-state index is 0.691. The molecule has 0 aliphatic carbocycles. The average molecular weight is 695 g/mol. The van der Waals surface area contributed by atoms with E-state index in [-0.39, 0.29) is 0 Å². The number of pyridine rings is 1. The van der Waals surface area contributed by atoms with Crippen LogP contribution in [-0.4, -0.2) is 19.9 Å². The molecule has 0 saturated carbocycles. The Balaban J connectivity index is 1.25. The summed E-state index contributed by atoms with van der Waals surface area (Å²) in [6.45, 7) is 0. The zero-order valence-corrected chi connectivity index (χ0v) is 29.3. The van der Waals surface area contributed by atoms with Gasteiger partial charge in [-0.3, -0.25) is 4.98 Å². The summed E-state index contributed by atoms with van der Waals surface area (Å²) in [5, 5.41) is 4.65. The summed E-state index contributed by atoms with van der Waals surface area (Å²) >= 11 is 1.67. The van der Waals surface area contributed by atoms with Gasteiger partial charge in [-0.1, -0.05) is 146 Å². The molecular weight excluding hydrogens is 665 g/mol. The first-order chi connectivity index (χ1) is 26.3. The van der Waals surface area contributed by atoms with Gasteiger partial charge in [0.25, 0.3) is 0 Å². The highest BCUT2D eigenvalue weighted by atomic mass is 32.1. The molecule has 0 N–H and O–H groups in total. The number of thiazole rings is 1. The monoisotopic (exact) mass is 694 g/mol. The first-order valence-corrected chi connectivity index (χ1v) is 18.5. The molecule has 248 valence electrons. The molecule has 0 radical (unpaired) electrons. The molecule has 0 aliphatic rings. The molecule has 10 aromatic rings. The lowest BCUT2D eigenvalue weighted by Gasteiger charge is -2.20. The van der Waals surface area contributed by atoms with Gasteiger partial charge in [-0.05, 0) is 62.2 Å². The van der Waals surface area contributed by atoms with Crippen LogP contribution in [0.5, 0.6) is 0 Å². The Hall–Kier alpha value is -6.82. The smallest absolute Gasteiger partial charge is 0.160 e. The van der Waals surface area contributed by atoms with Crippen LogP contribution < -0.4 is 0 Å². The number of hydrogen-bond acceptors (Lipinski definition) is 5. The average Bonchev–Trinajstić information content (AvgIpc) is 3.73. The molecule has 3 heterocycles. The van der Waals surface area contributed by atoms with Gasteiger partial charge in [-0.25, -0.2) is 15.0 Å². The van der Waals surface area contributed by atoms with Crippen molar-refractivity contribution >= 4 is 43.1 Å². The molecule has 7 aromatic carbocycles. The first-order valence-electron chi connectivity index (χ1n) is 17.6. The van der Waals surface area contributed by atoms with Gasteiger partial charge in [0.15, 0.2) is 5.82 Å². The van der Waals surface area contributed by atoms with Crippen molar-refractivity contribution in [1.29, 1.82) is 0 Å². The molecule has 0 aliphatic heterocycles. The second-order valence-corrected chi connectivity index (χ2v) is 13.9. The van der Waals surface area contributed by atoms with E-state index in [1.165, 1.54) is 10.8 Å². The van der Waals surface area contributed by atoms with Crippen LogP contribution in [0.25, 0.3) is 99.0 Å². The number of nitrogens with zero attached hydrogens (tertiary/aromatic N) is 4. The lowest BCUT2D eigenvalue weighted by molar-refractivity contribution is 1.18. The van der Waals surface area contributed by atoms with E-state index in [0.29, 0.717) is 5.82 Å².